The molecule has 0 radical (unpaired) electrons. The Balaban J connectivity index is 1.69. The molecule has 116 valence electrons. The zero-order chi connectivity index (χ0) is 16.8. The second kappa shape index (κ2) is 7.26. The number of nitriles is 1. The number of hydrogen-bond donors (Lipinski definition) is 0. The first kappa shape index (κ1) is 15.5. The zero-order valence-electron chi connectivity index (χ0n) is 13.0. The van der Waals surface area contributed by atoms with Crippen LogP contribution in [0.3, 0.4) is 0 Å². The molecule has 3 nitrogen and oxygen atoms in total. The van der Waals surface area contributed by atoms with Gasteiger partial charge in [0, 0.05) is 5.56 Å². The van der Waals surface area contributed by atoms with Crippen LogP contribution in [-0.2, 0) is 11.3 Å². The first-order valence-corrected chi connectivity index (χ1v) is 7.58. The number of ether oxygens (including phenoxy) is 1. The van der Waals surface area contributed by atoms with Crippen molar-refractivity contribution in [1.29, 1.82) is 5.26 Å². The van der Waals surface area contributed by atoms with Gasteiger partial charge in [0.05, 0.1) is 17.2 Å². The molecular weight excluding hydrogens is 298 g/mol. The monoisotopic (exact) mass is 313 g/mol. The molecule has 24 heavy (non-hydrogen) atoms. The molecule has 0 heterocycles. The first-order chi connectivity index (χ1) is 11.8. The van der Waals surface area contributed by atoms with Gasteiger partial charge in [-0.1, -0.05) is 60.7 Å². The van der Waals surface area contributed by atoms with Crippen molar-refractivity contribution in [2.45, 2.75) is 6.61 Å². The van der Waals surface area contributed by atoms with E-state index in [1.54, 1.807) is 30.3 Å². The molecule has 0 spiro atoms. The Morgan fingerprint density at radius 1 is 0.833 bits per heavy atom. The van der Waals surface area contributed by atoms with Gasteiger partial charge < -0.3 is 4.74 Å². The Labute approximate surface area is 140 Å². The van der Waals surface area contributed by atoms with Crippen molar-refractivity contribution >= 4 is 5.97 Å². The molecule has 3 heteroatoms. The zero-order valence-corrected chi connectivity index (χ0v) is 13.0. The maximum atomic E-state index is 12.2. The molecule has 0 unspecified atom stereocenters. The highest BCUT2D eigenvalue weighted by Gasteiger charge is 2.09. The van der Waals surface area contributed by atoms with Crippen LogP contribution in [0.4, 0.5) is 0 Å². The van der Waals surface area contributed by atoms with Crippen molar-refractivity contribution in [2.24, 2.45) is 0 Å². The van der Waals surface area contributed by atoms with Crippen LogP contribution in [0.1, 0.15) is 21.5 Å². The largest absolute Gasteiger partial charge is 0.457 e. The summed E-state index contributed by atoms with van der Waals surface area (Å²) in [5.74, 6) is -0.401. The average molecular weight is 313 g/mol. The van der Waals surface area contributed by atoms with Gasteiger partial charge >= 0.3 is 5.97 Å². The van der Waals surface area contributed by atoms with E-state index < -0.39 is 5.97 Å². The quantitative estimate of drug-likeness (QED) is 0.662. The van der Waals surface area contributed by atoms with Crippen molar-refractivity contribution in [3.05, 3.63) is 95.6 Å². The van der Waals surface area contributed by atoms with Crippen LogP contribution >= 0.6 is 0 Å². The van der Waals surface area contributed by atoms with Gasteiger partial charge in [-0.15, -0.1) is 0 Å². The van der Waals surface area contributed by atoms with E-state index in [1.807, 2.05) is 48.5 Å². The molecule has 0 bridgehead atoms. The summed E-state index contributed by atoms with van der Waals surface area (Å²) >= 11 is 0. The predicted molar refractivity (Wildman–Crippen MR) is 92.2 cm³/mol. The van der Waals surface area contributed by atoms with E-state index in [1.165, 1.54) is 0 Å². The number of hydrogen-bond acceptors (Lipinski definition) is 3. The number of nitrogens with zero attached hydrogens (tertiary/aromatic N) is 1. The first-order valence-electron chi connectivity index (χ1n) is 7.58. The normalized spacial score (nSPS) is 9.96. The Morgan fingerprint density at radius 2 is 1.46 bits per heavy atom. The van der Waals surface area contributed by atoms with Gasteiger partial charge in [-0.25, -0.2) is 4.79 Å². The number of rotatable bonds is 4. The molecule has 0 amide bonds. The Hall–Kier alpha value is -3.38. The summed E-state index contributed by atoms with van der Waals surface area (Å²) in [6, 6.07) is 26.4. The van der Waals surface area contributed by atoms with Crippen LogP contribution < -0.4 is 0 Å². The molecule has 0 N–H and O–H groups in total. The lowest BCUT2D eigenvalue weighted by Gasteiger charge is -2.07. The summed E-state index contributed by atoms with van der Waals surface area (Å²) in [6.45, 7) is 0.0863. The maximum Gasteiger partial charge on any atom is 0.338 e. The summed E-state index contributed by atoms with van der Waals surface area (Å²) in [6.07, 6.45) is 0. The fourth-order valence-corrected chi connectivity index (χ4v) is 2.41. The fraction of sp³-hybridized carbons (Fsp3) is 0.0476. The molecule has 3 aromatic carbocycles. The average Bonchev–Trinajstić information content (AvgIpc) is 2.67. The molecule has 0 fully saturated rings. The van der Waals surface area contributed by atoms with E-state index in [0.717, 1.165) is 11.1 Å². The van der Waals surface area contributed by atoms with Gasteiger partial charge in [-0.3, -0.25) is 0 Å². The molecule has 3 rings (SSSR count). The summed E-state index contributed by atoms with van der Waals surface area (Å²) in [5.41, 5.74) is 3.85. The summed E-state index contributed by atoms with van der Waals surface area (Å²) in [4.78, 5) is 12.2. The molecule has 0 aliphatic heterocycles. The molecule has 0 saturated heterocycles. The Morgan fingerprint density at radius 3 is 2.17 bits per heavy atom. The van der Waals surface area contributed by atoms with E-state index in [-0.39, 0.29) is 6.61 Å². The molecule has 0 aliphatic rings. The Kier molecular flexibility index (Phi) is 4.69. The topological polar surface area (TPSA) is 50.1 Å². The standard InChI is InChI=1S/C21H15NO2/c22-14-19-8-4-5-9-20(19)15-24-21(23)18-12-10-17(11-13-18)16-6-2-1-3-7-16/h1-13H,15H2. The smallest absolute Gasteiger partial charge is 0.338 e. The van der Waals surface area contributed by atoms with Crippen molar-refractivity contribution in [3.63, 3.8) is 0 Å². The van der Waals surface area contributed by atoms with Gasteiger partial charge in [0.15, 0.2) is 0 Å². The number of carbonyl (C=O) groups is 1. The summed E-state index contributed by atoms with van der Waals surface area (Å²) < 4.78 is 5.31. The molecule has 0 aromatic heterocycles. The maximum absolute atomic E-state index is 12.2. The van der Waals surface area contributed by atoms with Gasteiger partial charge in [-0.2, -0.15) is 5.26 Å². The SMILES string of the molecule is N#Cc1ccccc1COC(=O)c1ccc(-c2ccccc2)cc1. The lowest BCUT2D eigenvalue weighted by Crippen LogP contribution is -2.06. The van der Waals surface area contributed by atoms with Crippen molar-refractivity contribution in [3.8, 4) is 17.2 Å². The van der Waals surface area contributed by atoms with Gasteiger partial charge in [0.25, 0.3) is 0 Å². The minimum atomic E-state index is -0.401. The van der Waals surface area contributed by atoms with E-state index in [0.29, 0.717) is 16.7 Å². The third-order valence-electron chi connectivity index (χ3n) is 3.72. The van der Waals surface area contributed by atoms with E-state index in [2.05, 4.69) is 6.07 Å². The third kappa shape index (κ3) is 3.50. The van der Waals surface area contributed by atoms with Gasteiger partial charge in [0.2, 0.25) is 0 Å². The highest BCUT2D eigenvalue weighted by atomic mass is 16.5. The predicted octanol–water partition coefficient (Wildman–Crippen LogP) is 4.58. The molecule has 0 saturated carbocycles. The van der Waals surface area contributed by atoms with E-state index in [4.69, 9.17) is 10.00 Å². The third-order valence-corrected chi connectivity index (χ3v) is 3.72. The number of benzene rings is 3. The van der Waals surface area contributed by atoms with Crippen LogP contribution in [0.2, 0.25) is 0 Å². The minimum absolute atomic E-state index is 0.0863. The molecule has 3 aromatic rings. The van der Waals surface area contributed by atoms with Crippen molar-refractivity contribution in [2.75, 3.05) is 0 Å². The number of carbonyl (C=O) groups excluding carboxylic acids is 1. The van der Waals surface area contributed by atoms with Crippen LogP contribution in [-0.4, -0.2) is 5.97 Å². The van der Waals surface area contributed by atoms with Crippen LogP contribution in [0.25, 0.3) is 11.1 Å². The summed E-state index contributed by atoms with van der Waals surface area (Å²) in [5, 5.41) is 9.05. The summed E-state index contributed by atoms with van der Waals surface area (Å²) in [7, 11) is 0. The lowest BCUT2D eigenvalue weighted by molar-refractivity contribution is 0.0472. The van der Waals surface area contributed by atoms with Crippen molar-refractivity contribution in [1.82, 2.24) is 0 Å². The van der Waals surface area contributed by atoms with Crippen molar-refractivity contribution < 1.29 is 9.53 Å². The number of esters is 1. The van der Waals surface area contributed by atoms with Crippen LogP contribution in [0.5, 0.6) is 0 Å². The molecular formula is C21H15NO2. The minimum Gasteiger partial charge on any atom is -0.457 e. The highest BCUT2D eigenvalue weighted by Crippen LogP contribution is 2.20. The van der Waals surface area contributed by atoms with E-state index >= 15 is 0 Å². The lowest BCUT2D eigenvalue weighted by atomic mass is 10.0. The Bertz CT molecular complexity index is 878. The molecule has 0 atom stereocenters. The second-order valence-corrected chi connectivity index (χ2v) is 5.29. The van der Waals surface area contributed by atoms with Gasteiger partial charge in [0.1, 0.15) is 6.61 Å². The highest BCUT2D eigenvalue weighted by molar-refractivity contribution is 5.90. The van der Waals surface area contributed by atoms with Crippen LogP contribution in [0.15, 0.2) is 78.9 Å². The fourth-order valence-electron chi connectivity index (χ4n) is 2.41. The van der Waals surface area contributed by atoms with E-state index in [9.17, 15) is 4.79 Å². The molecule has 0 aliphatic carbocycles. The van der Waals surface area contributed by atoms with Gasteiger partial charge in [-0.05, 0) is 29.3 Å². The van der Waals surface area contributed by atoms with Crippen LogP contribution in [0, 0.1) is 11.3 Å². The second-order valence-electron chi connectivity index (χ2n) is 5.29.